The summed E-state index contributed by atoms with van der Waals surface area (Å²) in [5.41, 5.74) is 4.49. The SMILES string of the molecule is CC[C@H]1OC(=O)[C@H](C)[C@@H](O)[C@H](C)[C@@H](OC2O[C@H](C)C[C@H](N(C)C)[C@H]2OC(C)=O)[C@@](C)(OC)C[C@@H](C)/C(=N\OC)[C@H](C)[C@@H]2[C@@H]1OC(=O)N2NCCC(C)n1cnc(-c2cccnc2)c1. The van der Waals surface area contributed by atoms with Crippen molar-refractivity contribution in [2.24, 2.45) is 28.8 Å². The fraction of sp³-hybridized carbons (Fsp3) is 0.733. The number of hydrogen-bond donors (Lipinski definition) is 2. The first-order chi connectivity index (χ1) is 29.8. The van der Waals surface area contributed by atoms with Gasteiger partial charge in [0.15, 0.2) is 18.5 Å². The number of ether oxygens (including phenoxy) is 6. The molecule has 63 heavy (non-hydrogen) atoms. The van der Waals surface area contributed by atoms with Crippen molar-refractivity contribution in [2.75, 3.05) is 34.9 Å². The Morgan fingerprint density at radius 3 is 2.49 bits per heavy atom. The summed E-state index contributed by atoms with van der Waals surface area (Å²) < 4.78 is 39.9. The highest BCUT2D eigenvalue weighted by Gasteiger charge is 2.54. The zero-order valence-corrected chi connectivity index (χ0v) is 39.3. The zero-order chi connectivity index (χ0) is 46.3. The van der Waals surface area contributed by atoms with Gasteiger partial charge in [0.1, 0.15) is 19.3 Å². The lowest BCUT2D eigenvalue weighted by Gasteiger charge is -2.48. The topological polar surface area (TPSA) is 198 Å². The van der Waals surface area contributed by atoms with Crippen LogP contribution in [0, 0.1) is 23.7 Å². The Kier molecular flexibility index (Phi) is 17.1. The first-order valence-corrected chi connectivity index (χ1v) is 22.2. The number of hydrazine groups is 1. The third-order valence-corrected chi connectivity index (χ3v) is 13.2. The number of cyclic esters (lactones) is 1. The molecule has 0 radical (unpaired) electrons. The van der Waals surface area contributed by atoms with Crippen LogP contribution < -0.4 is 5.43 Å². The minimum atomic E-state index is -1.30. The number of oxime groups is 1. The molecule has 0 aromatic carbocycles. The molecule has 18 nitrogen and oxygen atoms in total. The summed E-state index contributed by atoms with van der Waals surface area (Å²) in [6.07, 6.45) is 2.30. The lowest BCUT2D eigenvalue weighted by molar-refractivity contribution is -0.303. The van der Waals surface area contributed by atoms with Crippen molar-refractivity contribution in [3.05, 3.63) is 37.1 Å². The number of amides is 1. The van der Waals surface area contributed by atoms with Crippen LogP contribution in [0.5, 0.6) is 0 Å². The number of carbonyl (C=O) groups is 3. The lowest BCUT2D eigenvalue weighted by Crippen LogP contribution is -2.60. The van der Waals surface area contributed by atoms with Gasteiger partial charge in [0.05, 0.1) is 53.6 Å². The average molecular weight is 886 g/mol. The molecule has 0 aliphatic carbocycles. The Morgan fingerprint density at radius 2 is 1.87 bits per heavy atom. The molecule has 5 rings (SSSR count). The molecule has 1 amide bonds. The number of aliphatic hydroxyl groups excluding tert-OH is 1. The summed E-state index contributed by atoms with van der Waals surface area (Å²) in [5, 5.41) is 18.2. The van der Waals surface area contributed by atoms with Crippen molar-refractivity contribution in [1.82, 2.24) is 29.9 Å². The summed E-state index contributed by atoms with van der Waals surface area (Å²) in [7, 11) is 6.85. The van der Waals surface area contributed by atoms with Crippen LogP contribution in [0.2, 0.25) is 0 Å². The van der Waals surface area contributed by atoms with Crippen molar-refractivity contribution >= 4 is 23.7 Å². The minimum absolute atomic E-state index is 0.0127. The number of hydrogen-bond acceptors (Lipinski definition) is 16. The lowest BCUT2D eigenvalue weighted by atomic mass is 9.74. The Balaban J connectivity index is 1.49. The number of nitrogens with one attached hydrogen (secondary N) is 1. The Bertz CT molecular complexity index is 1850. The molecule has 0 spiro atoms. The van der Waals surface area contributed by atoms with E-state index in [0.29, 0.717) is 31.5 Å². The van der Waals surface area contributed by atoms with Gasteiger partial charge in [0.25, 0.3) is 0 Å². The fourth-order valence-corrected chi connectivity index (χ4v) is 9.54. The van der Waals surface area contributed by atoms with Crippen molar-refractivity contribution in [2.45, 2.75) is 155 Å². The third kappa shape index (κ3) is 11.4. The average Bonchev–Trinajstić information content (AvgIpc) is 3.88. The van der Waals surface area contributed by atoms with E-state index in [4.69, 9.17) is 33.3 Å². The van der Waals surface area contributed by atoms with Gasteiger partial charge in [-0.05, 0) is 79.6 Å². The van der Waals surface area contributed by atoms with E-state index in [1.54, 1.807) is 39.7 Å². The number of imidazole rings is 1. The van der Waals surface area contributed by atoms with Gasteiger partial charge < -0.3 is 47.8 Å². The normalized spacial score (nSPS) is 35.7. The second kappa shape index (κ2) is 21.7. The largest absolute Gasteiger partial charge is 0.458 e. The molecule has 0 saturated carbocycles. The molecule has 2 aromatic rings. The highest BCUT2D eigenvalue weighted by molar-refractivity contribution is 5.89. The van der Waals surface area contributed by atoms with E-state index >= 15 is 0 Å². The van der Waals surface area contributed by atoms with E-state index in [-0.39, 0.29) is 30.5 Å². The quantitative estimate of drug-likeness (QED) is 0.155. The molecular formula is C45H71N7O11. The number of methoxy groups -OCH3 is 1. The number of aliphatic hydroxyl groups is 1. The minimum Gasteiger partial charge on any atom is -0.458 e. The van der Waals surface area contributed by atoms with E-state index in [9.17, 15) is 19.5 Å². The Morgan fingerprint density at radius 1 is 1.14 bits per heavy atom. The summed E-state index contributed by atoms with van der Waals surface area (Å²) in [6.45, 7) is 16.8. The summed E-state index contributed by atoms with van der Waals surface area (Å²) in [6, 6.07) is 2.89. The van der Waals surface area contributed by atoms with Crippen LogP contribution in [0.1, 0.15) is 94.0 Å². The first kappa shape index (κ1) is 49.8. The predicted octanol–water partition coefficient (Wildman–Crippen LogP) is 5.01. The maximum atomic E-state index is 14.1. The molecule has 2 aromatic heterocycles. The van der Waals surface area contributed by atoms with Gasteiger partial charge >= 0.3 is 18.0 Å². The molecule has 15 atom stereocenters. The van der Waals surface area contributed by atoms with Crippen molar-refractivity contribution in [3.8, 4) is 11.3 Å². The van der Waals surface area contributed by atoms with Gasteiger partial charge in [-0.1, -0.05) is 32.9 Å². The molecule has 5 heterocycles. The molecule has 3 aliphatic rings. The van der Waals surface area contributed by atoms with E-state index < -0.39 is 84.2 Å². The molecule has 3 fully saturated rings. The van der Waals surface area contributed by atoms with Crippen LogP contribution in [0.15, 0.2) is 42.2 Å². The Labute approximate surface area is 372 Å². The number of aromatic nitrogens is 3. The summed E-state index contributed by atoms with van der Waals surface area (Å²) in [5.74, 6) is -3.84. The van der Waals surface area contributed by atoms with Crippen LogP contribution in [-0.2, 0) is 42.8 Å². The van der Waals surface area contributed by atoms with Crippen molar-refractivity contribution in [1.29, 1.82) is 0 Å². The molecule has 2 N–H and O–H groups in total. The number of esters is 2. The second-order valence-electron chi connectivity index (χ2n) is 18.0. The second-order valence-corrected chi connectivity index (χ2v) is 18.0. The van der Waals surface area contributed by atoms with Crippen LogP contribution in [0.25, 0.3) is 11.3 Å². The highest BCUT2D eigenvalue weighted by atomic mass is 16.7. The zero-order valence-electron chi connectivity index (χ0n) is 39.3. The van der Waals surface area contributed by atoms with E-state index in [1.807, 2.05) is 76.5 Å². The number of carbonyl (C=O) groups excluding carboxylic acids is 3. The van der Waals surface area contributed by atoms with E-state index in [1.165, 1.54) is 19.0 Å². The van der Waals surface area contributed by atoms with Crippen molar-refractivity contribution < 1.29 is 52.7 Å². The number of likely N-dealkylation sites (N-methyl/N-ethyl adjacent to an activating group) is 1. The van der Waals surface area contributed by atoms with Crippen LogP contribution in [0.4, 0.5) is 4.79 Å². The number of nitrogens with zero attached hydrogens (tertiary/aromatic N) is 6. The summed E-state index contributed by atoms with van der Waals surface area (Å²) in [4.78, 5) is 56.8. The molecule has 3 aliphatic heterocycles. The molecule has 0 bridgehead atoms. The van der Waals surface area contributed by atoms with Gasteiger partial charge in [-0.2, -0.15) is 0 Å². The van der Waals surface area contributed by atoms with Crippen molar-refractivity contribution in [3.63, 3.8) is 0 Å². The molecule has 2 unspecified atom stereocenters. The molecular weight excluding hydrogens is 815 g/mol. The predicted molar refractivity (Wildman–Crippen MR) is 233 cm³/mol. The standard InChI is InChI=1S/C45H71N7O11/c1-14-35-40-37(52(44(56)62-40)48-19-17-26(3)51-23-33(47-24-51)32-16-15-18-46-22-32)28(5)36(49-58-13)25(2)21-45(9,57-12)41(29(6)38(54)30(7)42(55)61-35)63-43-39(60-31(8)53)34(50(10)11)20-27(4)59-43/h15-16,18,22-30,34-35,37-41,43,48,54H,14,17,19-21H2,1-13H3/b49-36+/t25-,26?,27-,28+,29+,30-,34+,35-,37-,38+,39-,40-,41-,43?,45+/m1/s1. The first-order valence-electron chi connectivity index (χ1n) is 22.2. The van der Waals surface area contributed by atoms with Gasteiger partial charge in [0, 0.05) is 68.5 Å². The highest BCUT2D eigenvalue weighted by Crippen LogP contribution is 2.40. The molecule has 18 heteroatoms. The number of pyridine rings is 1. The number of rotatable bonds is 13. The van der Waals surface area contributed by atoms with Gasteiger partial charge in [0.2, 0.25) is 0 Å². The van der Waals surface area contributed by atoms with Gasteiger partial charge in [-0.15, -0.1) is 0 Å². The number of fused-ring (bicyclic) bond motifs is 1. The monoisotopic (exact) mass is 886 g/mol. The molecule has 3 saturated heterocycles. The molecule has 352 valence electrons. The summed E-state index contributed by atoms with van der Waals surface area (Å²) >= 11 is 0. The maximum Gasteiger partial charge on any atom is 0.425 e. The third-order valence-electron chi connectivity index (χ3n) is 13.2. The fourth-order valence-electron chi connectivity index (χ4n) is 9.54. The van der Waals surface area contributed by atoms with Gasteiger partial charge in [-0.25, -0.2) is 20.2 Å². The maximum absolute atomic E-state index is 14.1. The van der Waals surface area contributed by atoms with E-state index in [2.05, 4.69) is 27.5 Å². The van der Waals surface area contributed by atoms with Gasteiger partial charge in [-0.3, -0.25) is 14.6 Å². The van der Waals surface area contributed by atoms with Crippen LogP contribution in [0.3, 0.4) is 0 Å². The van der Waals surface area contributed by atoms with Crippen LogP contribution in [-0.4, -0.2) is 149 Å². The smallest absolute Gasteiger partial charge is 0.425 e. The van der Waals surface area contributed by atoms with Crippen LogP contribution >= 0.6 is 0 Å². The van der Waals surface area contributed by atoms with E-state index in [0.717, 1.165) is 11.3 Å². The Hall–Kier alpha value is -4.20.